The van der Waals surface area contributed by atoms with Gasteiger partial charge < -0.3 is 14.8 Å². The normalized spacial score (nSPS) is 10.8. The second-order valence-electron chi connectivity index (χ2n) is 8.07. The Balaban J connectivity index is 1.86. The molecule has 4 aromatic carbocycles. The van der Waals surface area contributed by atoms with Crippen molar-refractivity contribution in [2.45, 2.75) is 20.8 Å². The standard InChI is InChI=1S/C28H27NO3/c1-17-6-9-20(10-7-17)24-14-22(28(30)29-23-11-8-18(2)19(3)12-23)13-21-15-26(31-4)27(32-5)16-25(21)24/h6-16H,1-5H3,(H,29,30). The van der Waals surface area contributed by atoms with E-state index in [0.29, 0.717) is 17.1 Å². The summed E-state index contributed by atoms with van der Waals surface area (Å²) < 4.78 is 11.0. The molecule has 0 radical (unpaired) electrons. The highest BCUT2D eigenvalue weighted by molar-refractivity contribution is 6.10. The van der Waals surface area contributed by atoms with E-state index in [2.05, 4.69) is 43.4 Å². The molecule has 1 amide bonds. The third-order valence-electron chi connectivity index (χ3n) is 5.85. The second-order valence-corrected chi connectivity index (χ2v) is 8.07. The zero-order valence-corrected chi connectivity index (χ0v) is 19.1. The van der Waals surface area contributed by atoms with Gasteiger partial charge in [-0.2, -0.15) is 0 Å². The number of carbonyl (C=O) groups is 1. The highest BCUT2D eigenvalue weighted by Gasteiger charge is 2.15. The van der Waals surface area contributed by atoms with E-state index in [1.807, 2.05) is 49.4 Å². The molecule has 162 valence electrons. The first-order valence-electron chi connectivity index (χ1n) is 10.5. The van der Waals surface area contributed by atoms with E-state index in [0.717, 1.165) is 33.2 Å². The van der Waals surface area contributed by atoms with Crippen molar-refractivity contribution < 1.29 is 14.3 Å². The zero-order chi connectivity index (χ0) is 22.8. The quantitative estimate of drug-likeness (QED) is 0.387. The van der Waals surface area contributed by atoms with Gasteiger partial charge in [-0.25, -0.2) is 0 Å². The molecule has 0 spiro atoms. The largest absolute Gasteiger partial charge is 0.493 e. The fraction of sp³-hybridized carbons (Fsp3) is 0.179. The Labute approximate surface area is 188 Å². The third kappa shape index (κ3) is 4.17. The Bertz CT molecular complexity index is 1310. The van der Waals surface area contributed by atoms with Crippen LogP contribution in [0.25, 0.3) is 21.9 Å². The number of rotatable bonds is 5. The van der Waals surface area contributed by atoms with E-state index in [-0.39, 0.29) is 5.91 Å². The molecule has 4 aromatic rings. The smallest absolute Gasteiger partial charge is 0.255 e. The average Bonchev–Trinajstić information content (AvgIpc) is 2.80. The number of hydrogen-bond acceptors (Lipinski definition) is 3. The van der Waals surface area contributed by atoms with Crippen molar-refractivity contribution in [1.29, 1.82) is 0 Å². The van der Waals surface area contributed by atoms with Crippen molar-refractivity contribution in [2.24, 2.45) is 0 Å². The summed E-state index contributed by atoms with van der Waals surface area (Å²) in [5, 5.41) is 4.94. The lowest BCUT2D eigenvalue weighted by atomic mass is 9.94. The number of methoxy groups -OCH3 is 2. The molecule has 0 unspecified atom stereocenters. The van der Waals surface area contributed by atoms with Crippen LogP contribution in [0.4, 0.5) is 5.69 Å². The van der Waals surface area contributed by atoms with E-state index in [4.69, 9.17) is 9.47 Å². The Kier molecular flexibility index (Phi) is 5.87. The van der Waals surface area contributed by atoms with Crippen molar-refractivity contribution in [3.63, 3.8) is 0 Å². The van der Waals surface area contributed by atoms with Crippen molar-refractivity contribution in [1.82, 2.24) is 0 Å². The van der Waals surface area contributed by atoms with Crippen molar-refractivity contribution in [3.05, 3.63) is 89.0 Å². The van der Waals surface area contributed by atoms with Crippen LogP contribution >= 0.6 is 0 Å². The molecule has 4 heteroatoms. The second kappa shape index (κ2) is 8.75. The van der Waals surface area contributed by atoms with Crippen LogP contribution in [0.3, 0.4) is 0 Å². The third-order valence-corrected chi connectivity index (χ3v) is 5.85. The number of fused-ring (bicyclic) bond motifs is 1. The van der Waals surface area contributed by atoms with E-state index in [1.54, 1.807) is 14.2 Å². The van der Waals surface area contributed by atoms with Gasteiger partial charge in [0.1, 0.15) is 0 Å². The SMILES string of the molecule is COc1cc2cc(C(=O)Nc3ccc(C)c(C)c3)cc(-c3ccc(C)cc3)c2cc1OC. The molecule has 0 atom stereocenters. The fourth-order valence-electron chi connectivity index (χ4n) is 3.82. The van der Waals surface area contributed by atoms with E-state index in [9.17, 15) is 4.79 Å². The molecule has 32 heavy (non-hydrogen) atoms. The number of benzene rings is 4. The van der Waals surface area contributed by atoms with Gasteiger partial charge in [0, 0.05) is 11.3 Å². The molecule has 0 heterocycles. The fourth-order valence-corrected chi connectivity index (χ4v) is 3.82. The maximum Gasteiger partial charge on any atom is 0.255 e. The molecule has 0 aliphatic rings. The van der Waals surface area contributed by atoms with E-state index < -0.39 is 0 Å². The summed E-state index contributed by atoms with van der Waals surface area (Å²) in [4.78, 5) is 13.2. The maximum atomic E-state index is 13.2. The molecular weight excluding hydrogens is 398 g/mol. The van der Waals surface area contributed by atoms with Crippen molar-refractivity contribution >= 4 is 22.4 Å². The number of ether oxygens (including phenoxy) is 2. The van der Waals surface area contributed by atoms with Crippen LogP contribution < -0.4 is 14.8 Å². The molecule has 0 saturated heterocycles. The van der Waals surface area contributed by atoms with Crippen molar-refractivity contribution in [3.8, 4) is 22.6 Å². The molecule has 1 N–H and O–H groups in total. The summed E-state index contributed by atoms with van der Waals surface area (Å²) in [6.45, 7) is 6.15. The van der Waals surface area contributed by atoms with Gasteiger partial charge in [-0.3, -0.25) is 4.79 Å². The maximum absolute atomic E-state index is 13.2. The highest BCUT2D eigenvalue weighted by Crippen LogP contribution is 2.38. The molecule has 0 aliphatic carbocycles. The van der Waals surface area contributed by atoms with Gasteiger partial charge in [0.25, 0.3) is 5.91 Å². The summed E-state index contributed by atoms with van der Waals surface area (Å²) in [5.41, 5.74) is 6.87. The molecule has 0 fully saturated rings. The van der Waals surface area contributed by atoms with Crippen LogP contribution in [0.2, 0.25) is 0 Å². The highest BCUT2D eigenvalue weighted by atomic mass is 16.5. The number of nitrogens with one attached hydrogen (secondary N) is 1. The Morgan fingerprint density at radius 3 is 2.09 bits per heavy atom. The van der Waals surface area contributed by atoms with Gasteiger partial charge in [0.2, 0.25) is 0 Å². The van der Waals surface area contributed by atoms with Crippen LogP contribution in [0, 0.1) is 20.8 Å². The first kappa shape index (κ1) is 21.4. The van der Waals surface area contributed by atoms with E-state index >= 15 is 0 Å². The van der Waals surface area contributed by atoms with Crippen LogP contribution in [0.1, 0.15) is 27.0 Å². The Morgan fingerprint density at radius 2 is 1.44 bits per heavy atom. The lowest BCUT2D eigenvalue weighted by molar-refractivity contribution is 0.102. The molecule has 0 saturated carbocycles. The van der Waals surface area contributed by atoms with Crippen LogP contribution in [-0.2, 0) is 0 Å². The first-order valence-corrected chi connectivity index (χ1v) is 10.5. The van der Waals surface area contributed by atoms with Crippen LogP contribution in [-0.4, -0.2) is 20.1 Å². The Morgan fingerprint density at radius 1 is 0.750 bits per heavy atom. The summed E-state index contributed by atoms with van der Waals surface area (Å²) in [6.07, 6.45) is 0. The number of carbonyl (C=O) groups excluding carboxylic acids is 1. The van der Waals surface area contributed by atoms with Crippen LogP contribution in [0.5, 0.6) is 11.5 Å². The van der Waals surface area contributed by atoms with Gasteiger partial charge in [0.15, 0.2) is 11.5 Å². The van der Waals surface area contributed by atoms with Crippen LogP contribution in [0.15, 0.2) is 66.7 Å². The average molecular weight is 426 g/mol. The number of anilines is 1. The summed E-state index contributed by atoms with van der Waals surface area (Å²) >= 11 is 0. The number of hydrogen-bond donors (Lipinski definition) is 1. The predicted molar refractivity (Wildman–Crippen MR) is 131 cm³/mol. The first-order chi connectivity index (χ1) is 15.4. The monoisotopic (exact) mass is 425 g/mol. The van der Waals surface area contributed by atoms with Gasteiger partial charge in [-0.15, -0.1) is 0 Å². The molecule has 0 bridgehead atoms. The minimum absolute atomic E-state index is 0.154. The molecule has 0 aromatic heterocycles. The number of amides is 1. The molecule has 4 rings (SSSR count). The van der Waals surface area contributed by atoms with Gasteiger partial charge in [-0.1, -0.05) is 35.9 Å². The molecular formula is C28H27NO3. The van der Waals surface area contributed by atoms with E-state index in [1.165, 1.54) is 11.1 Å². The van der Waals surface area contributed by atoms with Gasteiger partial charge in [-0.05, 0) is 90.2 Å². The predicted octanol–water partition coefficient (Wildman–Crippen LogP) is 6.70. The minimum atomic E-state index is -0.154. The minimum Gasteiger partial charge on any atom is -0.493 e. The van der Waals surface area contributed by atoms with Gasteiger partial charge in [0.05, 0.1) is 14.2 Å². The summed E-state index contributed by atoms with van der Waals surface area (Å²) in [6, 6.07) is 21.9. The zero-order valence-electron chi connectivity index (χ0n) is 19.1. The lowest BCUT2D eigenvalue weighted by Gasteiger charge is -2.15. The molecule has 0 aliphatic heterocycles. The number of aryl methyl sites for hydroxylation is 3. The van der Waals surface area contributed by atoms with Crippen molar-refractivity contribution in [2.75, 3.05) is 19.5 Å². The molecule has 4 nitrogen and oxygen atoms in total. The lowest BCUT2D eigenvalue weighted by Crippen LogP contribution is -2.12. The Hall–Kier alpha value is -3.79. The summed E-state index contributed by atoms with van der Waals surface area (Å²) in [5.74, 6) is 1.13. The topological polar surface area (TPSA) is 47.6 Å². The van der Waals surface area contributed by atoms with Gasteiger partial charge >= 0.3 is 0 Å². The summed E-state index contributed by atoms with van der Waals surface area (Å²) in [7, 11) is 3.24.